The second kappa shape index (κ2) is 21.8. The minimum atomic E-state index is -1.36. The van der Waals surface area contributed by atoms with E-state index in [0.29, 0.717) is 82.7 Å². The van der Waals surface area contributed by atoms with Gasteiger partial charge in [-0.1, -0.05) is 12.1 Å². The number of ketones is 4. The Kier molecular flexibility index (Phi) is 16.2. The summed E-state index contributed by atoms with van der Waals surface area (Å²) in [4.78, 5) is 130. The number of aromatic nitrogens is 2. The zero-order chi connectivity index (χ0) is 58.3. The van der Waals surface area contributed by atoms with Crippen LogP contribution in [0.3, 0.4) is 0 Å². The molecule has 8 aromatic rings. The van der Waals surface area contributed by atoms with Crippen LogP contribution in [0.2, 0.25) is 0 Å². The molecule has 0 atom stereocenters. The van der Waals surface area contributed by atoms with E-state index in [4.69, 9.17) is 9.97 Å². The second-order valence-electron chi connectivity index (χ2n) is 18.2. The van der Waals surface area contributed by atoms with Crippen LogP contribution in [-0.4, -0.2) is 56.7 Å². The Morgan fingerprint density at radius 3 is 0.778 bits per heavy atom. The van der Waals surface area contributed by atoms with Crippen molar-refractivity contribution in [3.05, 3.63) is 187 Å². The summed E-state index contributed by atoms with van der Waals surface area (Å²) in [5, 5.41) is 0.529. The van der Waals surface area contributed by atoms with E-state index in [9.17, 15) is 19.2 Å². The fraction of sp³-hybridized carbons (Fsp3) is 0.0566. The summed E-state index contributed by atoms with van der Waals surface area (Å²) in [7, 11) is 0. The Morgan fingerprint density at radius 2 is 0.531 bits per heavy atom. The number of anilines is 2. The molecular weight excluding hydrogens is 2100 g/mol. The topological polar surface area (TPSA) is 169 Å². The first-order valence-corrected chi connectivity index (χ1v) is 35.2. The van der Waals surface area contributed by atoms with Crippen LogP contribution in [0.15, 0.2) is 120 Å². The Morgan fingerprint density at radius 1 is 0.296 bits per heavy atom. The van der Waals surface area contributed by atoms with Crippen molar-refractivity contribution < 1.29 is 38.4 Å². The summed E-state index contributed by atoms with van der Waals surface area (Å²) in [5.74, 6) is -7.57. The smallest absolute Gasteiger partial charge is 0.267 e. The van der Waals surface area contributed by atoms with Crippen molar-refractivity contribution in [2.24, 2.45) is 0 Å². The van der Waals surface area contributed by atoms with E-state index in [1.165, 1.54) is 12.1 Å². The number of rotatable bonds is 6. The summed E-state index contributed by atoms with van der Waals surface area (Å²) >= 11 is 56.2. The van der Waals surface area contributed by atoms with E-state index in [0.717, 1.165) is 9.80 Å². The Hall–Kier alpha value is -1.22. The maximum atomic E-state index is 15.1. The SMILES string of the molecule is O=C1c2c(Br)c(Br)c(Br)c(Br)c2C(=O)C1c1ccc2c(N3C(=O)c4c(Br)c(Br)c(Br)c(Br)c4C3=O)c(Cc3ccc4nc(C5C(=O)c6c(Br)c(Br)c(Br)c(Br)c6C5=O)ccc4c3N3C(=O)c4c(Br)c(Br)c(Br)c(Br)c4C3=O)ccc2n1. The van der Waals surface area contributed by atoms with E-state index in [2.05, 4.69) is 255 Å². The number of imide groups is 2. The van der Waals surface area contributed by atoms with Crippen molar-refractivity contribution in [2.75, 3.05) is 9.80 Å². The summed E-state index contributed by atoms with van der Waals surface area (Å²) in [6.45, 7) is 0. The van der Waals surface area contributed by atoms with Crippen LogP contribution >= 0.6 is 255 Å². The number of pyridine rings is 2. The predicted molar refractivity (Wildman–Crippen MR) is 360 cm³/mol. The van der Waals surface area contributed by atoms with Gasteiger partial charge < -0.3 is 0 Å². The highest BCUT2D eigenvalue weighted by Crippen LogP contribution is 2.54. The Bertz CT molecular complexity index is 4100. The van der Waals surface area contributed by atoms with Gasteiger partial charge in [0.15, 0.2) is 23.1 Å². The van der Waals surface area contributed by atoms with E-state index < -0.39 is 58.6 Å². The predicted octanol–water partition coefficient (Wildman–Crippen LogP) is 20.5. The number of nitrogens with zero attached hydrogens (tertiary/aromatic N) is 4. The molecule has 4 amide bonds. The normalized spacial score (nSPS) is 15.3. The van der Waals surface area contributed by atoms with Crippen LogP contribution in [0.1, 0.15) is 117 Å². The molecule has 12 nitrogen and oxygen atoms in total. The summed E-state index contributed by atoms with van der Waals surface area (Å²) in [6, 6.07) is 12.7. The molecule has 2 aromatic heterocycles. The third-order valence-corrected chi connectivity index (χ3v) is 33.2. The van der Waals surface area contributed by atoms with Crippen LogP contribution in [0.25, 0.3) is 21.8 Å². The van der Waals surface area contributed by atoms with Gasteiger partial charge in [-0.2, -0.15) is 0 Å². The van der Waals surface area contributed by atoms with Gasteiger partial charge in [0.05, 0.1) is 56.0 Å². The van der Waals surface area contributed by atoms with Crippen molar-refractivity contribution in [2.45, 2.75) is 18.3 Å². The molecule has 0 saturated carbocycles. The van der Waals surface area contributed by atoms with Crippen LogP contribution in [-0.2, 0) is 6.42 Å². The molecule has 81 heavy (non-hydrogen) atoms. The van der Waals surface area contributed by atoms with Gasteiger partial charge in [0.2, 0.25) is 0 Å². The van der Waals surface area contributed by atoms with Gasteiger partial charge in [0.25, 0.3) is 23.6 Å². The summed E-state index contributed by atoms with van der Waals surface area (Å²) in [6.07, 6.45) is -0.173. The molecule has 12 rings (SSSR count). The van der Waals surface area contributed by atoms with Gasteiger partial charge in [-0.05, 0) is 302 Å². The molecule has 404 valence electrons. The van der Waals surface area contributed by atoms with Crippen molar-refractivity contribution in [1.29, 1.82) is 0 Å². The number of benzene rings is 6. The fourth-order valence-corrected chi connectivity index (χ4v) is 20.4. The van der Waals surface area contributed by atoms with Crippen molar-refractivity contribution in [1.82, 2.24) is 9.97 Å². The minimum absolute atomic E-state index is 0.0398. The average molecular weight is 2110 g/mol. The standard InChI is InChI=1S/C53H12Br16N4O8/c54-28-20-21(29(55)37(63)36(28)62)47(75)18(46(20)74)16-7-3-12-14(70-16)5-1-10(44(12)72-50(78)24-25(51(72)79)33(59)41(67)40(66)32(24)58)9-11-2-6-15-13(45(11)73-52(80)26-27(53(73)81)35(61)43(69)42(68)34(26)60)4-8-17(71-15)19-48(76)22-23(49(19)77)31(57)39(65)38(64)30(22)56/h1-8,18-19H,9H2. The quantitative estimate of drug-likeness (QED) is 0.0676. The van der Waals surface area contributed by atoms with Crippen molar-refractivity contribution >= 4 is 335 Å². The second-order valence-corrected chi connectivity index (χ2v) is 30.9. The highest BCUT2D eigenvalue weighted by molar-refractivity contribution is 9.17. The van der Waals surface area contributed by atoms with E-state index in [1.54, 1.807) is 36.4 Å². The maximum absolute atomic E-state index is 15.1. The molecule has 6 aromatic carbocycles. The van der Waals surface area contributed by atoms with E-state index >= 15 is 19.2 Å². The van der Waals surface area contributed by atoms with Gasteiger partial charge in [0.1, 0.15) is 11.8 Å². The first kappa shape index (κ1) is 60.1. The number of carbonyl (C=O) groups is 8. The molecule has 0 fully saturated rings. The molecule has 0 bridgehead atoms. The number of amides is 4. The third-order valence-electron chi connectivity index (χ3n) is 14.1. The minimum Gasteiger partial charge on any atom is -0.293 e. The highest BCUT2D eigenvalue weighted by Gasteiger charge is 2.49. The molecule has 0 spiro atoms. The van der Waals surface area contributed by atoms with Crippen LogP contribution in [0.5, 0.6) is 0 Å². The first-order valence-electron chi connectivity index (χ1n) is 22.5. The number of halogens is 16. The van der Waals surface area contributed by atoms with E-state index in [-0.39, 0.29) is 95.5 Å². The van der Waals surface area contributed by atoms with Gasteiger partial charge in [-0.15, -0.1) is 0 Å². The molecule has 0 N–H and O–H groups in total. The maximum Gasteiger partial charge on any atom is 0.267 e. The molecule has 2 aliphatic heterocycles. The molecule has 2 aliphatic carbocycles. The number of Topliss-reactive ketones (excluding diaryl/α,β-unsaturated/α-hetero) is 4. The van der Waals surface area contributed by atoms with Gasteiger partial charge >= 0.3 is 0 Å². The van der Waals surface area contributed by atoms with Crippen molar-refractivity contribution in [3.63, 3.8) is 0 Å². The lowest BCUT2D eigenvalue weighted by Crippen LogP contribution is -2.32. The number of hydrogen-bond acceptors (Lipinski definition) is 10. The lowest BCUT2D eigenvalue weighted by Gasteiger charge is -2.24. The first-order chi connectivity index (χ1) is 38.2. The third kappa shape index (κ3) is 8.72. The molecule has 0 saturated heterocycles. The largest absolute Gasteiger partial charge is 0.293 e. The van der Waals surface area contributed by atoms with Crippen LogP contribution < -0.4 is 9.80 Å². The zero-order valence-electron chi connectivity index (χ0n) is 38.6. The van der Waals surface area contributed by atoms with Crippen LogP contribution in [0.4, 0.5) is 11.4 Å². The van der Waals surface area contributed by atoms with Gasteiger partial charge in [-0.3, -0.25) is 48.3 Å². The summed E-state index contributed by atoms with van der Waals surface area (Å²) < 4.78 is 6.56. The molecule has 0 unspecified atom stereocenters. The number of carbonyl (C=O) groups excluding carboxylic acids is 8. The zero-order valence-corrected chi connectivity index (χ0v) is 64.0. The van der Waals surface area contributed by atoms with Gasteiger partial charge in [0, 0.05) is 111 Å². The molecule has 4 aliphatic rings. The molecule has 28 heteroatoms. The number of fused-ring (bicyclic) bond motifs is 6. The Labute approximate surface area is 589 Å². The highest BCUT2D eigenvalue weighted by atomic mass is 79.9. The molecule has 4 heterocycles. The van der Waals surface area contributed by atoms with Crippen LogP contribution in [0, 0.1) is 0 Å². The average Bonchev–Trinajstić information content (AvgIpc) is 4.09. The molecular formula is C53H12Br16N4O8. The lowest BCUT2D eigenvalue weighted by molar-refractivity contribution is 0.0871. The monoisotopic (exact) mass is 2090 g/mol. The summed E-state index contributed by atoms with van der Waals surface area (Å²) in [5.41, 5.74) is 2.25. The fourth-order valence-electron chi connectivity index (χ4n) is 10.5. The van der Waals surface area contributed by atoms with Gasteiger partial charge in [-0.25, -0.2) is 9.80 Å². The number of hydrogen-bond donors (Lipinski definition) is 0. The molecule has 0 radical (unpaired) electrons. The van der Waals surface area contributed by atoms with Crippen molar-refractivity contribution in [3.8, 4) is 0 Å². The lowest BCUT2D eigenvalue weighted by atomic mass is 9.94. The van der Waals surface area contributed by atoms with E-state index in [1.807, 2.05) is 0 Å². The Balaban J connectivity index is 1.06.